The van der Waals surface area contributed by atoms with Gasteiger partial charge >= 0.3 is 5.69 Å². The number of hydrogen-bond donors (Lipinski definition) is 1. The standard InChI is InChI=1S/C15H21N5O2/c1-15(2,3)13(21)19-6-4-10(5-7-19)20-11-8-16-9-17-12(11)18-14(20)22/h8-10H,4-7H2,1-3H3,(H,16,17,18,22). The maximum Gasteiger partial charge on any atom is 0.327 e. The summed E-state index contributed by atoms with van der Waals surface area (Å²) in [5, 5.41) is 0. The average Bonchev–Trinajstić information content (AvgIpc) is 2.81. The Labute approximate surface area is 128 Å². The molecule has 0 radical (unpaired) electrons. The number of carbonyl (C=O) groups excluding carboxylic acids is 1. The fourth-order valence-corrected chi connectivity index (χ4v) is 3.03. The lowest BCUT2D eigenvalue weighted by molar-refractivity contribution is -0.140. The second-order valence-electron chi connectivity index (χ2n) is 6.83. The molecule has 2 aromatic rings. The van der Waals surface area contributed by atoms with Crippen molar-refractivity contribution in [3.8, 4) is 0 Å². The summed E-state index contributed by atoms with van der Waals surface area (Å²) in [5.41, 5.74) is 0.774. The minimum atomic E-state index is -0.363. The Morgan fingerprint density at radius 3 is 2.64 bits per heavy atom. The van der Waals surface area contributed by atoms with Gasteiger partial charge in [0.05, 0.1) is 6.20 Å². The van der Waals surface area contributed by atoms with E-state index in [-0.39, 0.29) is 23.1 Å². The third-order valence-corrected chi connectivity index (χ3v) is 4.16. The average molecular weight is 303 g/mol. The highest BCUT2D eigenvalue weighted by Crippen LogP contribution is 2.27. The molecular formula is C15H21N5O2. The molecule has 0 aromatic carbocycles. The zero-order valence-electron chi connectivity index (χ0n) is 13.2. The van der Waals surface area contributed by atoms with Gasteiger partial charge in [0.15, 0.2) is 5.65 Å². The smallest absolute Gasteiger partial charge is 0.327 e. The second-order valence-corrected chi connectivity index (χ2v) is 6.83. The van der Waals surface area contributed by atoms with Crippen LogP contribution in [-0.2, 0) is 4.79 Å². The van der Waals surface area contributed by atoms with E-state index < -0.39 is 0 Å². The van der Waals surface area contributed by atoms with Crippen LogP contribution in [0.2, 0.25) is 0 Å². The Hall–Kier alpha value is -2.18. The molecule has 0 saturated carbocycles. The lowest BCUT2D eigenvalue weighted by atomic mass is 9.93. The van der Waals surface area contributed by atoms with Gasteiger partial charge in [-0.3, -0.25) is 14.3 Å². The molecule has 3 heterocycles. The van der Waals surface area contributed by atoms with Crippen LogP contribution in [0.25, 0.3) is 11.2 Å². The van der Waals surface area contributed by atoms with Crippen LogP contribution in [0.4, 0.5) is 0 Å². The van der Waals surface area contributed by atoms with E-state index in [2.05, 4.69) is 15.0 Å². The number of nitrogens with one attached hydrogen (secondary N) is 1. The van der Waals surface area contributed by atoms with Crippen molar-refractivity contribution in [1.82, 2.24) is 24.4 Å². The van der Waals surface area contributed by atoms with E-state index in [1.807, 2.05) is 25.7 Å². The first kappa shape index (κ1) is 14.7. The zero-order chi connectivity index (χ0) is 15.9. The highest BCUT2D eigenvalue weighted by Gasteiger charge is 2.31. The van der Waals surface area contributed by atoms with E-state index in [4.69, 9.17) is 0 Å². The lowest BCUT2D eigenvalue weighted by Crippen LogP contribution is -2.45. The summed E-state index contributed by atoms with van der Waals surface area (Å²) in [6, 6.07) is 0.0799. The first-order valence-corrected chi connectivity index (χ1v) is 7.57. The number of carbonyl (C=O) groups is 1. The number of aromatic amines is 1. The molecule has 1 saturated heterocycles. The molecule has 0 unspecified atom stereocenters. The lowest BCUT2D eigenvalue weighted by Gasteiger charge is -2.36. The van der Waals surface area contributed by atoms with Crippen molar-refractivity contribution in [1.29, 1.82) is 0 Å². The minimum absolute atomic E-state index is 0.0799. The topological polar surface area (TPSA) is 83.9 Å². The van der Waals surface area contributed by atoms with Crippen LogP contribution in [0.1, 0.15) is 39.7 Å². The number of H-pyrrole nitrogens is 1. The van der Waals surface area contributed by atoms with Crippen LogP contribution in [0, 0.1) is 5.41 Å². The summed E-state index contributed by atoms with van der Waals surface area (Å²) >= 11 is 0. The van der Waals surface area contributed by atoms with Gasteiger partial charge in [-0.05, 0) is 12.8 Å². The van der Waals surface area contributed by atoms with Crippen molar-refractivity contribution in [2.75, 3.05) is 13.1 Å². The molecule has 7 nitrogen and oxygen atoms in total. The summed E-state index contributed by atoms with van der Waals surface area (Å²) in [5.74, 6) is 0.167. The summed E-state index contributed by atoms with van der Waals surface area (Å²) < 4.78 is 1.73. The predicted octanol–water partition coefficient (Wildman–Crippen LogP) is 1.33. The van der Waals surface area contributed by atoms with Crippen LogP contribution < -0.4 is 5.69 Å². The molecule has 2 aromatic heterocycles. The van der Waals surface area contributed by atoms with Crippen molar-refractivity contribution in [2.24, 2.45) is 5.41 Å². The van der Waals surface area contributed by atoms with Crippen molar-refractivity contribution >= 4 is 17.1 Å². The van der Waals surface area contributed by atoms with Crippen molar-refractivity contribution < 1.29 is 4.79 Å². The number of rotatable bonds is 1. The third-order valence-electron chi connectivity index (χ3n) is 4.16. The molecule has 0 atom stereocenters. The number of nitrogens with zero attached hydrogens (tertiary/aromatic N) is 4. The summed E-state index contributed by atoms with van der Waals surface area (Å²) in [4.78, 5) is 37.2. The van der Waals surface area contributed by atoms with E-state index in [9.17, 15) is 9.59 Å². The maximum absolute atomic E-state index is 12.3. The monoisotopic (exact) mass is 303 g/mol. The van der Waals surface area contributed by atoms with Gasteiger partial charge in [-0.1, -0.05) is 20.8 Å². The van der Waals surface area contributed by atoms with Crippen molar-refractivity contribution in [3.05, 3.63) is 23.0 Å². The molecule has 1 amide bonds. The molecule has 1 N–H and O–H groups in total. The first-order chi connectivity index (χ1) is 10.4. The van der Waals surface area contributed by atoms with Gasteiger partial charge < -0.3 is 4.90 Å². The van der Waals surface area contributed by atoms with E-state index in [1.165, 1.54) is 6.33 Å². The second kappa shape index (κ2) is 5.23. The van der Waals surface area contributed by atoms with E-state index in [1.54, 1.807) is 10.8 Å². The van der Waals surface area contributed by atoms with Crippen molar-refractivity contribution in [2.45, 2.75) is 39.7 Å². The highest BCUT2D eigenvalue weighted by molar-refractivity contribution is 5.81. The van der Waals surface area contributed by atoms with Gasteiger partial charge in [-0.25, -0.2) is 14.8 Å². The number of hydrogen-bond acceptors (Lipinski definition) is 4. The highest BCUT2D eigenvalue weighted by atomic mass is 16.2. The normalized spacial score (nSPS) is 17.1. The van der Waals surface area contributed by atoms with Crippen LogP contribution in [0.15, 0.2) is 17.3 Å². The zero-order valence-corrected chi connectivity index (χ0v) is 13.2. The Bertz CT molecular complexity index is 747. The van der Waals surface area contributed by atoms with Crippen LogP contribution in [0.3, 0.4) is 0 Å². The van der Waals surface area contributed by atoms with Crippen molar-refractivity contribution in [3.63, 3.8) is 0 Å². The number of likely N-dealkylation sites (tertiary alicyclic amines) is 1. The molecule has 1 aliphatic heterocycles. The van der Waals surface area contributed by atoms with Gasteiger partial charge in [0, 0.05) is 24.5 Å². The summed E-state index contributed by atoms with van der Waals surface area (Å²) in [6.45, 7) is 7.15. The first-order valence-electron chi connectivity index (χ1n) is 7.57. The minimum Gasteiger partial charge on any atom is -0.342 e. The Kier molecular flexibility index (Phi) is 3.50. The Morgan fingerprint density at radius 1 is 1.32 bits per heavy atom. The van der Waals surface area contributed by atoms with E-state index >= 15 is 0 Å². The number of aromatic nitrogens is 4. The molecular weight excluding hydrogens is 282 g/mol. The maximum atomic E-state index is 12.3. The van der Waals surface area contributed by atoms with Gasteiger partial charge in [0.1, 0.15) is 11.8 Å². The predicted molar refractivity (Wildman–Crippen MR) is 82.5 cm³/mol. The number of fused-ring (bicyclic) bond motifs is 1. The quantitative estimate of drug-likeness (QED) is 0.861. The fraction of sp³-hybridized carbons (Fsp3) is 0.600. The SMILES string of the molecule is CC(C)(C)C(=O)N1CCC(n2c(=O)[nH]c3ncncc32)CC1. The third kappa shape index (κ3) is 2.51. The van der Waals surface area contributed by atoms with E-state index in [0.29, 0.717) is 18.7 Å². The Morgan fingerprint density at radius 2 is 2.00 bits per heavy atom. The van der Waals surface area contributed by atoms with Gasteiger partial charge in [-0.2, -0.15) is 0 Å². The van der Waals surface area contributed by atoms with Gasteiger partial charge in [0.25, 0.3) is 0 Å². The molecule has 0 spiro atoms. The summed E-state index contributed by atoms with van der Waals surface area (Å²) in [6.07, 6.45) is 4.62. The molecule has 1 aliphatic rings. The largest absolute Gasteiger partial charge is 0.342 e. The molecule has 118 valence electrons. The van der Waals surface area contributed by atoms with Crippen LogP contribution in [-0.4, -0.2) is 43.4 Å². The molecule has 1 fully saturated rings. The molecule has 3 rings (SSSR count). The van der Waals surface area contributed by atoms with E-state index in [0.717, 1.165) is 18.4 Å². The molecule has 0 aliphatic carbocycles. The van der Waals surface area contributed by atoms with Gasteiger partial charge in [0.2, 0.25) is 5.91 Å². The molecule has 22 heavy (non-hydrogen) atoms. The fourth-order valence-electron chi connectivity index (χ4n) is 3.03. The molecule has 7 heteroatoms. The number of piperidine rings is 1. The van der Waals surface area contributed by atoms with Gasteiger partial charge in [-0.15, -0.1) is 0 Å². The van der Waals surface area contributed by atoms with Crippen LogP contribution in [0.5, 0.6) is 0 Å². The number of imidazole rings is 1. The van der Waals surface area contributed by atoms with Crippen LogP contribution >= 0.6 is 0 Å². The number of amides is 1. The Balaban J connectivity index is 1.80. The summed E-state index contributed by atoms with van der Waals surface area (Å²) in [7, 11) is 0. The molecule has 0 bridgehead atoms.